The van der Waals surface area contributed by atoms with E-state index in [1.165, 1.54) is 39.1 Å². The van der Waals surface area contributed by atoms with Crippen LogP contribution in [0, 0.1) is 0 Å². The van der Waals surface area contributed by atoms with E-state index >= 15 is 0 Å². The Morgan fingerprint density at radius 2 is 0.524 bits per heavy atom. The van der Waals surface area contributed by atoms with Gasteiger partial charge in [0.05, 0.1) is 0 Å². The molecule has 3 saturated heterocycles. The van der Waals surface area contributed by atoms with Gasteiger partial charge in [-0.3, -0.25) is 19.4 Å². The van der Waals surface area contributed by atoms with Gasteiger partial charge in [0.2, 0.25) is 5.97 Å². The molecule has 6 aromatic rings. The maximum atomic E-state index is 13.3. The second kappa shape index (κ2) is 55.4. The number of benzene rings is 6. The molecule has 0 bridgehead atoms. The number of amides is 6. The van der Waals surface area contributed by atoms with Crippen molar-refractivity contribution in [3.63, 3.8) is 0 Å². The maximum absolute atomic E-state index is 13.3. The van der Waals surface area contributed by atoms with Gasteiger partial charge in [0.25, 0.3) is 0 Å². The van der Waals surface area contributed by atoms with Crippen molar-refractivity contribution in [3.8, 4) is 0 Å². The van der Waals surface area contributed by atoms with Crippen LogP contribution >= 0.6 is 0 Å². The van der Waals surface area contributed by atoms with Crippen molar-refractivity contribution in [1.29, 1.82) is 0 Å². The maximum Gasteiger partial charge on any atom is 1.00 e. The molecule has 9 rings (SSSR count). The number of rotatable bonds is 5. The summed E-state index contributed by atoms with van der Waals surface area (Å²) in [7, 11) is 4.32. The van der Waals surface area contributed by atoms with Crippen LogP contribution in [0.4, 0.5) is 28.8 Å². The molecular formula is C93H141BN12NaO19. The molecule has 3 aliphatic rings. The van der Waals surface area contributed by atoms with Crippen molar-refractivity contribution in [2.24, 2.45) is 0 Å². The SMILES string of the molecule is CC(=O)OOC(C)=O.CC(C)(C)OC(=O)N1CCN(Cc2cccc3ccccc23)CCN(C(=O)OC(C)(C)C)CCN(C(=O)OC(C)(C)C)CC1.CC(C)(C)OC(=O)N1CCNCCN(C(=O)OC(C)(C)C)CCN(C(=O)OC(C)(C)C)CC1.O=Cc1cccc2ccccc12.[B-]OC(C)=O.[Na+].c1ccc2c(CN3CCNCCNCCNCC3)cccc2c1. The summed E-state index contributed by atoms with van der Waals surface area (Å²) < 4.78 is 37.4. The first-order valence-electron chi connectivity index (χ1n) is 42.9. The summed E-state index contributed by atoms with van der Waals surface area (Å²) in [5.41, 5.74) is -0.576. The Balaban J connectivity index is 0.000000437. The van der Waals surface area contributed by atoms with Crippen LogP contribution in [0.25, 0.3) is 32.3 Å². The second-order valence-electron chi connectivity index (χ2n) is 36.1. The summed E-state index contributed by atoms with van der Waals surface area (Å²) in [4.78, 5) is 140. The first-order valence-corrected chi connectivity index (χ1v) is 42.9. The van der Waals surface area contributed by atoms with Gasteiger partial charge in [0.15, 0.2) is 6.29 Å². The first kappa shape index (κ1) is 111. The summed E-state index contributed by atoms with van der Waals surface area (Å²) in [6.07, 6.45) is -1.82. The molecule has 31 nitrogen and oxygen atoms in total. The summed E-state index contributed by atoms with van der Waals surface area (Å²) >= 11 is 0. The van der Waals surface area contributed by atoms with Crippen LogP contribution in [-0.2, 0) is 70.3 Å². The molecule has 126 heavy (non-hydrogen) atoms. The molecule has 0 aromatic heterocycles. The van der Waals surface area contributed by atoms with Crippen molar-refractivity contribution < 1.29 is 120 Å². The number of carbonyl (C=O) groups excluding carboxylic acids is 10. The van der Waals surface area contributed by atoms with E-state index in [0.29, 0.717) is 58.9 Å². The molecular weight excluding hydrogens is 1620 g/mol. The molecule has 0 aliphatic carbocycles. The molecule has 6 aromatic carbocycles. The average Bonchev–Trinajstić information content (AvgIpc) is 0.830. The Morgan fingerprint density at radius 3 is 0.802 bits per heavy atom. The molecule has 0 saturated carbocycles. The fourth-order valence-corrected chi connectivity index (χ4v) is 12.3. The van der Waals surface area contributed by atoms with Gasteiger partial charge in [-0.25, -0.2) is 48.1 Å². The standard InChI is InChI=1S/C34H52N4O6.C23H44N4O6.C19H28N4.C11H8O.C4H6O4.C2H3BO2.Na/c1-32(2,3)42-29(39)36-19-17-35(25-27-15-12-14-26-13-10-11-16-28(26)27)18-20-37(30(40)43-33(4,5)6)22-24-38(23-21-36)31(41)44-34(7,8)9;1-21(2,3)31-18(28)25-12-10-24-11-13-26(19(29)32-22(4,5)6)15-17-27(16-14-25)20(30)33-23(7,8)9;1-2-7-19-17(4-1)5-3-6-18(19)16-23-14-12-21-10-8-20-9-11-22-13-15-23;12-8-10-6-3-5-9-4-1-2-7-11(9)10;1-3(5)7-8-4(2)6;1-2(4)5-3;/h10-16H,17-25H2,1-9H3;24H,10-17H2,1-9H3;1-7,20-22H,8-16H2;1-8H;1-2H3;1H3;/q;;;;;-1;+1. The topological polar surface area (TPSA) is 328 Å². The monoisotopic (exact) mass is 1760 g/mol. The molecule has 6 amide bonds. The molecule has 3 fully saturated rings. The summed E-state index contributed by atoms with van der Waals surface area (Å²) in [6, 6.07) is 43.5. The molecule has 4 N–H and O–H groups in total. The van der Waals surface area contributed by atoms with E-state index < -0.39 is 88.1 Å². The number of hydrogen-bond donors (Lipinski definition) is 4. The van der Waals surface area contributed by atoms with Gasteiger partial charge in [-0.1, -0.05) is 127 Å². The van der Waals surface area contributed by atoms with Crippen LogP contribution in [0.5, 0.6) is 0 Å². The van der Waals surface area contributed by atoms with E-state index in [1.807, 2.05) is 158 Å². The molecule has 3 heterocycles. The van der Waals surface area contributed by atoms with Gasteiger partial charge in [0, 0.05) is 196 Å². The largest absolute Gasteiger partial charge is 1.00 e. The number of ether oxygens (including phenoxy) is 6. The quantitative estimate of drug-likeness (QED) is 0.0410. The van der Waals surface area contributed by atoms with Crippen LogP contribution in [0.3, 0.4) is 0 Å². The predicted molar refractivity (Wildman–Crippen MR) is 487 cm³/mol. The molecule has 3 aliphatic heterocycles. The van der Waals surface area contributed by atoms with Gasteiger partial charge in [-0.2, -0.15) is 0 Å². The fraction of sp³-hybridized carbons (Fsp3) is 0.570. The van der Waals surface area contributed by atoms with Crippen LogP contribution < -0.4 is 50.8 Å². The van der Waals surface area contributed by atoms with E-state index in [0.717, 1.165) is 101 Å². The zero-order valence-electron chi connectivity index (χ0n) is 79.0. The zero-order chi connectivity index (χ0) is 93.1. The molecule has 0 atom stereocenters. The zero-order valence-corrected chi connectivity index (χ0v) is 81.0. The van der Waals surface area contributed by atoms with E-state index in [1.54, 1.807) is 45.3 Å². The summed E-state index contributed by atoms with van der Waals surface area (Å²) in [6.45, 7) is 52.1. The Bertz CT molecular complexity index is 4220. The number of hydrogen-bond acceptors (Lipinski definition) is 25. The van der Waals surface area contributed by atoms with Gasteiger partial charge in [-0.15, -0.1) is 0 Å². The molecule has 691 valence electrons. The van der Waals surface area contributed by atoms with Crippen molar-refractivity contribution in [1.82, 2.24) is 60.5 Å². The molecule has 33 heteroatoms. The average molecular weight is 1770 g/mol. The van der Waals surface area contributed by atoms with Crippen molar-refractivity contribution >= 4 is 101 Å². The van der Waals surface area contributed by atoms with Gasteiger partial charge < -0.3 is 91.8 Å². The fourth-order valence-electron chi connectivity index (χ4n) is 12.3. The van der Waals surface area contributed by atoms with Gasteiger partial charge >= 0.3 is 78.1 Å². The van der Waals surface area contributed by atoms with E-state index in [4.69, 9.17) is 28.4 Å². The van der Waals surface area contributed by atoms with Crippen LogP contribution in [-0.4, -0.2) is 299 Å². The normalized spacial score (nSPS) is 15.6. The number of nitrogens with one attached hydrogen (secondary N) is 4. The Labute approximate surface area is 770 Å². The smallest absolute Gasteiger partial charge is 0.793 e. The van der Waals surface area contributed by atoms with Gasteiger partial charge in [0.1, 0.15) is 33.6 Å². The van der Waals surface area contributed by atoms with Crippen molar-refractivity contribution in [2.45, 2.75) is 192 Å². The third kappa shape index (κ3) is 47.4. The summed E-state index contributed by atoms with van der Waals surface area (Å²) in [5, 5.41) is 20.9. The summed E-state index contributed by atoms with van der Waals surface area (Å²) in [5.74, 6) is -1.74. The van der Waals surface area contributed by atoms with E-state index in [2.05, 4.69) is 126 Å². The molecule has 0 spiro atoms. The minimum atomic E-state index is -0.696. The van der Waals surface area contributed by atoms with Crippen LogP contribution in [0.1, 0.15) is 167 Å². The molecule has 0 unspecified atom stereocenters. The first-order chi connectivity index (χ1) is 58.6. The van der Waals surface area contributed by atoms with E-state index in [9.17, 15) is 47.9 Å². The number of nitrogens with zero attached hydrogens (tertiary/aromatic N) is 8. The van der Waals surface area contributed by atoms with Crippen molar-refractivity contribution in [2.75, 3.05) is 157 Å². The molecule has 3 radical (unpaired) electrons. The Kier molecular flexibility index (Phi) is 48.7. The minimum absolute atomic E-state index is 0. The van der Waals surface area contributed by atoms with Crippen LogP contribution in [0.2, 0.25) is 0 Å². The van der Waals surface area contributed by atoms with Crippen molar-refractivity contribution in [3.05, 3.63) is 144 Å². The minimum Gasteiger partial charge on any atom is -0.793 e. The van der Waals surface area contributed by atoms with Gasteiger partial charge in [-0.05, 0) is 168 Å². The predicted octanol–water partition coefficient (Wildman–Crippen LogP) is 10.4. The third-order valence-corrected chi connectivity index (χ3v) is 18.1. The number of carbonyl (C=O) groups is 10. The second-order valence-corrected chi connectivity index (χ2v) is 36.1. The third-order valence-electron chi connectivity index (χ3n) is 18.1. The Morgan fingerprint density at radius 1 is 0.302 bits per heavy atom. The Hall–Kier alpha value is -9.38. The number of aldehydes is 1. The van der Waals surface area contributed by atoms with Crippen LogP contribution in [0.15, 0.2) is 127 Å². The number of fused-ring (bicyclic) bond motifs is 3. The van der Waals surface area contributed by atoms with E-state index in [-0.39, 0.29) is 81.9 Å².